The normalized spacial score (nSPS) is 17.9. The summed E-state index contributed by atoms with van der Waals surface area (Å²) in [5.41, 5.74) is 1.58. The molecule has 0 aromatic heterocycles. The van der Waals surface area contributed by atoms with Crippen LogP contribution in [0.3, 0.4) is 0 Å². The minimum absolute atomic E-state index is 0.104. The van der Waals surface area contributed by atoms with Crippen LogP contribution in [0.15, 0.2) is 30.0 Å². The summed E-state index contributed by atoms with van der Waals surface area (Å²) in [6.45, 7) is 4.37. The molecule has 1 saturated heterocycles. The summed E-state index contributed by atoms with van der Waals surface area (Å²) in [4.78, 5) is 16.7. The van der Waals surface area contributed by atoms with E-state index in [0.29, 0.717) is 46.2 Å². The fourth-order valence-corrected chi connectivity index (χ4v) is 4.12. The van der Waals surface area contributed by atoms with Gasteiger partial charge in [0.15, 0.2) is 17.3 Å². The first-order valence-corrected chi connectivity index (χ1v) is 10.5. The highest BCUT2D eigenvalue weighted by Crippen LogP contribution is 2.40. The molecular weight excluding hydrogens is 412 g/mol. The second-order valence-electron chi connectivity index (χ2n) is 8.04. The van der Waals surface area contributed by atoms with Crippen LogP contribution < -0.4 is 29.0 Å². The second kappa shape index (κ2) is 9.10. The predicted octanol–water partition coefficient (Wildman–Crippen LogP) is 0.733. The summed E-state index contributed by atoms with van der Waals surface area (Å²) >= 11 is 0. The van der Waals surface area contributed by atoms with Gasteiger partial charge in [-0.15, -0.1) is 0 Å². The van der Waals surface area contributed by atoms with Crippen molar-refractivity contribution < 1.29 is 33.7 Å². The van der Waals surface area contributed by atoms with E-state index in [2.05, 4.69) is 11.9 Å². The molecule has 8 nitrogen and oxygen atoms in total. The number of ether oxygens (including phenoxy) is 4. The van der Waals surface area contributed by atoms with Crippen LogP contribution in [-0.2, 0) is 6.54 Å². The molecule has 0 atom stereocenters. The van der Waals surface area contributed by atoms with Crippen molar-refractivity contribution >= 4 is 11.9 Å². The van der Waals surface area contributed by atoms with Crippen molar-refractivity contribution in [3.63, 3.8) is 0 Å². The molecular formula is C24H28N2O6. The highest BCUT2D eigenvalue weighted by Gasteiger charge is 2.32. The molecule has 0 aliphatic carbocycles. The molecule has 2 aliphatic heterocycles. The second-order valence-corrected chi connectivity index (χ2v) is 8.04. The lowest BCUT2D eigenvalue weighted by Gasteiger charge is -2.30. The number of carbonyl (C=O) groups excluding carboxylic acids is 1. The van der Waals surface area contributed by atoms with Gasteiger partial charge in [-0.25, -0.2) is 0 Å². The molecule has 0 radical (unpaired) electrons. The van der Waals surface area contributed by atoms with Crippen molar-refractivity contribution in [3.8, 4) is 28.7 Å². The largest absolute Gasteiger partial charge is 0.872 e. The third-order valence-electron chi connectivity index (χ3n) is 6.04. The Morgan fingerprint density at radius 3 is 2.38 bits per heavy atom. The summed E-state index contributed by atoms with van der Waals surface area (Å²) in [7, 11) is 6.71. The zero-order valence-corrected chi connectivity index (χ0v) is 18.8. The molecule has 2 heterocycles. The molecule has 1 fully saturated rings. The van der Waals surface area contributed by atoms with E-state index < -0.39 is 0 Å². The van der Waals surface area contributed by atoms with Crippen LogP contribution in [0, 0.1) is 0 Å². The van der Waals surface area contributed by atoms with Gasteiger partial charge < -0.3 is 29.0 Å². The van der Waals surface area contributed by atoms with Crippen molar-refractivity contribution in [3.05, 3.63) is 46.7 Å². The van der Waals surface area contributed by atoms with Crippen LogP contribution in [0.1, 0.15) is 21.5 Å². The molecule has 0 amide bonds. The Morgan fingerprint density at radius 2 is 1.72 bits per heavy atom. The van der Waals surface area contributed by atoms with Gasteiger partial charge in [0.05, 0.1) is 40.0 Å². The van der Waals surface area contributed by atoms with E-state index in [1.807, 2.05) is 0 Å². The Labute approximate surface area is 187 Å². The third kappa shape index (κ3) is 4.11. The lowest BCUT2D eigenvalue weighted by Crippen LogP contribution is -3.13. The highest BCUT2D eigenvalue weighted by atomic mass is 16.5. The molecule has 0 unspecified atom stereocenters. The van der Waals surface area contributed by atoms with Crippen molar-refractivity contribution in [2.45, 2.75) is 6.54 Å². The number of nitrogens with zero attached hydrogens (tertiary/aromatic N) is 1. The van der Waals surface area contributed by atoms with Crippen LogP contribution in [-0.4, -0.2) is 65.2 Å². The number of Topliss-reactive ketones (excluding diaryl/α,β-unsaturated/α-hetero) is 1. The number of hydrogen-bond donors (Lipinski definition) is 1. The van der Waals surface area contributed by atoms with Crippen LogP contribution in [0.25, 0.3) is 6.08 Å². The SMILES string of the molecule is COc1cc(OC)c(OC)cc1C=C1Oc2c(ccc([O-])c2C[NH+]2CCN(C)CC2)C1=O. The summed E-state index contributed by atoms with van der Waals surface area (Å²) in [5, 5.41) is 12.7. The molecule has 170 valence electrons. The molecule has 2 aromatic carbocycles. The Morgan fingerprint density at radius 1 is 1.06 bits per heavy atom. The molecule has 8 heteroatoms. The molecule has 0 bridgehead atoms. The van der Waals surface area contributed by atoms with Gasteiger partial charge in [-0.1, -0.05) is 11.8 Å². The van der Waals surface area contributed by atoms with Gasteiger partial charge in [0, 0.05) is 30.3 Å². The summed E-state index contributed by atoms with van der Waals surface area (Å²) in [6, 6.07) is 6.43. The average molecular weight is 440 g/mol. The first kappa shape index (κ1) is 22.0. The number of quaternary nitrogens is 1. The average Bonchev–Trinajstić information content (AvgIpc) is 3.12. The van der Waals surface area contributed by atoms with Crippen LogP contribution in [0.4, 0.5) is 0 Å². The van der Waals surface area contributed by atoms with Gasteiger partial charge in [0.1, 0.15) is 18.0 Å². The van der Waals surface area contributed by atoms with Gasteiger partial charge in [-0.2, -0.15) is 0 Å². The number of methoxy groups -OCH3 is 3. The number of benzene rings is 2. The van der Waals surface area contributed by atoms with Crippen LogP contribution >= 0.6 is 0 Å². The molecule has 0 saturated carbocycles. The zero-order valence-electron chi connectivity index (χ0n) is 18.8. The fraction of sp³-hybridized carbons (Fsp3) is 0.375. The standard InChI is InChI=1S/C24H28N2O6/c1-25-7-9-26(10-8-25)14-17-18(27)6-5-16-23(28)22(32-24(16)17)12-15-11-20(30-3)21(31-4)13-19(15)29-2/h5-6,11-13,27H,7-10,14H2,1-4H3. The molecule has 32 heavy (non-hydrogen) atoms. The Kier molecular flexibility index (Phi) is 6.25. The van der Waals surface area contributed by atoms with E-state index in [1.54, 1.807) is 31.4 Å². The number of nitrogens with one attached hydrogen (secondary N) is 1. The Balaban J connectivity index is 1.67. The first-order valence-electron chi connectivity index (χ1n) is 10.5. The summed E-state index contributed by atoms with van der Waals surface area (Å²) in [5.74, 6) is 1.69. The van der Waals surface area contributed by atoms with Gasteiger partial charge in [0.2, 0.25) is 5.78 Å². The molecule has 0 spiro atoms. The van der Waals surface area contributed by atoms with Gasteiger partial charge in [-0.05, 0) is 25.3 Å². The van der Waals surface area contributed by atoms with Crippen molar-refractivity contribution in [2.75, 3.05) is 54.6 Å². The number of rotatable bonds is 6. The minimum Gasteiger partial charge on any atom is -0.872 e. The maximum Gasteiger partial charge on any atom is 0.231 e. The Hall–Kier alpha value is -3.23. The summed E-state index contributed by atoms with van der Waals surface area (Å²) < 4.78 is 22.1. The van der Waals surface area contributed by atoms with Crippen LogP contribution in [0.5, 0.6) is 28.7 Å². The van der Waals surface area contributed by atoms with Gasteiger partial charge >= 0.3 is 0 Å². The highest BCUT2D eigenvalue weighted by molar-refractivity contribution is 6.15. The maximum absolute atomic E-state index is 13.1. The number of hydrogen-bond acceptors (Lipinski definition) is 7. The number of piperazine rings is 1. The number of carbonyl (C=O) groups is 1. The van der Waals surface area contributed by atoms with Gasteiger partial charge in [-0.3, -0.25) is 9.69 Å². The molecule has 2 aromatic rings. The lowest BCUT2D eigenvalue weighted by molar-refractivity contribution is -0.918. The van der Waals surface area contributed by atoms with Crippen molar-refractivity contribution in [1.82, 2.24) is 4.90 Å². The molecule has 4 rings (SSSR count). The smallest absolute Gasteiger partial charge is 0.231 e. The maximum atomic E-state index is 13.1. The van der Waals surface area contributed by atoms with E-state index in [4.69, 9.17) is 18.9 Å². The molecule has 2 aliphatic rings. The number of fused-ring (bicyclic) bond motifs is 1. The first-order chi connectivity index (χ1) is 15.4. The van der Waals surface area contributed by atoms with E-state index in [9.17, 15) is 9.90 Å². The van der Waals surface area contributed by atoms with E-state index in [-0.39, 0.29) is 17.3 Å². The van der Waals surface area contributed by atoms with E-state index in [1.165, 1.54) is 25.2 Å². The monoisotopic (exact) mass is 440 g/mol. The quantitative estimate of drug-likeness (QED) is 0.663. The summed E-state index contributed by atoms with van der Waals surface area (Å²) in [6.07, 6.45) is 1.61. The zero-order chi connectivity index (χ0) is 22.8. The van der Waals surface area contributed by atoms with Crippen molar-refractivity contribution in [2.24, 2.45) is 0 Å². The van der Waals surface area contributed by atoms with Crippen molar-refractivity contribution in [1.29, 1.82) is 0 Å². The van der Waals surface area contributed by atoms with Gasteiger partial charge in [0.25, 0.3) is 0 Å². The number of ketones is 1. The Bertz CT molecular complexity index is 1060. The number of likely N-dealkylation sites (N-methyl/N-ethyl adjacent to an activating group) is 1. The predicted molar refractivity (Wildman–Crippen MR) is 117 cm³/mol. The number of allylic oxidation sites excluding steroid dienone is 1. The lowest BCUT2D eigenvalue weighted by atomic mass is 10.0. The fourth-order valence-electron chi connectivity index (χ4n) is 4.12. The van der Waals surface area contributed by atoms with E-state index in [0.717, 1.165) is 26.2 Å². The van der Waals surface area contributed by atoms with E-state index >= 15 is 0 Å². The molecule has 1 N–H and O–H groups in total. The van der Waals surface area contributed by atoms with Crippen LogP contribution in [0.2, 0.25) is 0 Å². The minimum atomic E-state index is -0.258. The third-order valence-corrected chi connectivity index (χ3v) is 6.04. The topological polar surface area (TPSA) is 84.7 Å².